The Morgan fingerprint density at radius 2 is 1.56 bits per heavy atom. The summed E-state index contributed by atoms with van der Waals surface area (Å²) in [4.78, 5) is 5.06. The zero-order chi connectivity index (χ0) is 22.6. The number of rotatable bonds is 6. The van der Waals surface area contributed by atoms with Gasteiger partial charge in [0.1, 0.15) is 5.75 Å². The van der Waals surface area contributed by atoms with Crippen LogP contribution < -0.4 is 4.74 Å². The predicted molar refractivity (Wildman–Crippen MR) is 133 cm³/mol. The number of benzene rings is 1. The van der Waals surface area contributed by atoms with Crippen molar-refractivity contribution in [3.05, 3.63) is 29.8 Å². The predicted octanol–water partition coefficient (Wildman–Crippen LogP) is 6.16. The summed E-state index contributed by atoms with van der Waals surface area (Å²) in [7, 11) is 0. The second-order valence-corrected chi connectivity index (χ2v) is 9.97. The van der Waals surface area contributed by atoms with E-state index >= 15 is 0 Å². The molecule has 1 aromatic rings. The van der Waals surface area contributed by atoms with Gasteiger partial charge in [0.25, 0.3) is 0 Å². The van der Waals surface area contributed by atoms with Gasteiger partial charge in [0.2, 0.25) is 0 Å². The minimum absolute atomic E-state index is 0. The van der Waals surface area contributed by atoms with E-state index in [4.69, 9.17) is 0 Å². The highest BCUT2D eigenvalue weighted by Crippen LogP contribution is 2.42. The Morgan fingerprint density at radius 1 is 0.941 bits per heavy atom. The number of hydrogen-bond donors (Lipinski definition) is 1. The van der Waals surface area contributed by atoms with Gasteiger partial charge in [-0.25, -0.2) is 0 Å². The van der Waals surface area contributed by atoms with Crippen LogP contribution in [-0.2, 0) is 0 Å². The van der Waals surface area contributed by atoms with E-state index in [0.717, 1.165) is 50.8 Å². The summed E-state index contributed by atoms with van der Waals surface area (Å²) < 4.78 is 42.5. The van der Waals surface area contributed by atoms with Crippen LogP contribution in [0.1, 0.15) is 75.7 Å². The fourth-order valence-electron chi connectivity index (χ4n) is 6.04. The van der Waals surface area contributed by atoms with Gasteiger partial charge in [-0.3, -0.25) is 0 Å². The molecule has 1 aromatic carbocycles. The van der Waals surface area contributed by atoms with Crippen molar-refractivity contribution in [3.8, 4) is 5.75 Å². The quantitative estimate of drug-likeness (QED) is 0.481. The Labute approximate surface area is 214 Å². The van der Waals surface area contributed by atoms with Crippen molar-refractivity contribution in [1.29, 1.82) is 0 Å². The molecule has 3 fully saturated rings. The van der Waals surface area contributed by atoms with Gasteiger partial charge < -0.3 is 19.6 Å². The number of nitrogens with zero attached hydrogens (tertiary/aromatic N) is 2. The number of hydrogen-bond acceptors (Lipinski definition) is 4. The van der Waals surface area contributed by atoms with Gasteiger partial charge >= 0.3 is 6.36 Å². The highest BCUT2D eigenvalue weighted by atomic mass is 35.5. The lowest BCUT2D eigenvalue weighted by molar-refractivity contribution is -0.274. The molecule has 1 N–H and O–H groups in total. The number of likely N-dealkylation sites (tertiary alicyclic amines) is 2. The van der Waals surface area contributed by atoms with Crippen molar-refractivity contribution in [1.82, 2.24) is 9.80 Å². The number of alkyl halides is 3. The lowest BCUT2D eigenvalue weighted by Crippen LogP contribution is -2.50. The number of piperidine rings is 2. The summed E-state index contributed by atoms with van der Waals surface area (Å²) >= 11 is 0. The van der Waals surface area contributed by atoms with Crippen LogP contribution in [0.4, 0.5) is 13.2 Å². The third kappa shape index (κ3) is 7.89. The molecule has 1 saturated carbocycles. The molecule has 1 aliphatic carbocycles. The van der Waals surface area contributed by atoms with Crippen LogP contribution in [-0.4, -0.2) is 65.6 Å². The van der Waals surface area contributed by atoms with Gasteiger partial charge in [0.05, 0.1) is 5.60 Å². The zero-order valence-corrected chi connectivity index (χ0v) is 21.4. The first-order chi connectivity index (χ1) is 15.3. The van der Waals surface area contributed by atoms with Crippen LogP contribution in [0.15, 0.2) is 24.3 Å². The average molecular weight is 527 g/mol. The second-order valence-electron chi connectivity index (χ2n) is 9.97. The Bertz CT molecular complexity index is 733. The van der Waals surface area contributed by atoms with Crippen LogP contribution in [0.3, 0.4) is 0 Å². The number of halogens is 5. The lowest BCUT2D eigenvalue weighted by atomic mass is 9.72. The van der Waals surface area contributed by atoms with Gasteiger partial charge in [-0.2, -0.15) is 0 Å². The standard InChI is InChI=1S/C25H37F3N2O2.2ClH/c26-25(27,28)32-22-9-7-8-20(18-22)23(24(31)12-3-1-4-13-24)19-29-16-10-21(11-17-29)30-14-5-2-6-15-30;;/h7-9,18,21,23,31H,1-6,10-17,19H2;2*1H/t23-;;/m1../s1. The van der Waals surface area contributed by atoms with Crippen molar-refractivity contribution in [3.63, 3.8) is 0 Å². The third-order valence-corrected chi connectivity index (χ3v) is 7.77. The summed E-state index contributed by atoms with van der Waals surface area (Å²) in [6.45, 7) is 5.05. The molecule has 3 aliphatic rings. The molecule has 0 radical (unpaired) electrons. The van der Waals surface area contributed by atoms with E-state index in [1.54, 1.807) is 6.07 Å². The average Bonchev–Trinajstić information content (AvgIpc) is 2.78. The molecule has 0 bridgehead atoms. The number of ether oxygens (including phenoxy) is 1. The fourth-order valence-corrected chi connectivity index (χ4v) is 6.04. The third-order valence-electron chi connectivity index (χ3n) is 7.77. The van der Waals surface area contributed by atoms with Gasteiger partial charge in [-0.05, 0) is 82.4 Å². The Hall–Kier alpha value is -0.730. The maximum atomic E-state index is 12.8. The molecule has 2 aliphatic heterocycles. The van der Waals surface area contributed by atoms with Crippen molar-refractivity contribution >= 4 is 24.8 Å². The molecule has 2 saturated heterocycles. The van der Waals surface area contributed by atoms with Crippen molar-refractivity contribution < 1.29 is 23.0 Å². The highest BCUT2D eigenvalue weighted by molar-refractivity contribution is 5.85. The Morgan fingerprint density at radius 3 is 2.18 bits per heavy atom. The maximum Gasteiger partial charge on any atom is 0.573 e. The van der Waals surface area contributed by atoms with Crippen LogP contribution in [0.5, 0.6) is 5.75 Å². The first-order valence-electron chi connectivity index (χ1n) is 12.4. The summed E-state index contributed by atoms with van der Waals surface area (Å²) in [5.41, 5.74) is -0.131. The molecule has 0 aromatic heterocycles. The van der Waals surface area contributed by atoms with Crippen LogP contribution in [0.2, 0.25) is 0 Å². The molecule has 9 heteroatoms. The molecule has 0 unspecified atom stereocenters. The lowest BCUT2D eigenvalue weighted by Gasteiger charge is -2.44. The highest BCUT2D eigenvalue weighted by Gasteiger charge is 2.41. The van der Waals surface area contributed by atoms with E-state index in [-0.39, 0.29) is 36.5 Å². The molecular formula is C25H39Cl2F3N2O2. The van der Waals surface area contributed by atoms with Gasteiger partial charge in [0, 0.05) is 18.5 Å². The smallest absolute Gasteiger partial charge is 0.406 e. The van der Waals surface area contributed by atoms with Crippen LogP contribution in [0.25, 0.3) is 0 Å². The van der Waals surface area contributed by atoms with Crippen LogP contribution >= 0.6 is 24.8 Å². The molecule has 1 atom stereocenters. The van der Waals surface area contributed by atoms with E-state index < -0.39 is 12.0 Å². The van der Waals surface area contributed by atoms with Crippen molar-refractivity contribution in [2.45, 2.75) is 88.1 Å². The molecule has 0 spiro atoms. The first kappa shape index (κ1) is 29.5. The summed E-state index contributed by atoms with van der Waals surface area (Å²) in [6, 6.07) is 6.92. The topological polar surface area (TPSA) is 35.9 Å². The summed E-state index contributed by atoms with van der Waals surface area (Å²) in [5.74, 6) is -0.422. The number of aliphatic hydroxyl groups is 1. The Kier molecular flexibility index (Phi) is 11.3. The van der Waals surface area contributed by atoms with E-state index in [1.807, 2.05) is 6.07 Å². The minimum atomic E-state index is -4.72. The maximum absolute atomic E-state index is 12.8. The van der Waals surface area contributed by atoms with E-state index in [2.05, 4.69) is 14.5 Å². The largest absolute Gasteiger partial charge is 0.573 e. The molecular weight excluding hydrogens is 488 g/mol. The summed E-state index contributed by atoms with van der Waals surface area (Å²) in [6.07, 6.45) is 5.90. The normalized spacial score (nSPS) is 23.4. The minimum Gasteiger partial charge on any atom is -0.406 e. The van der Waals surface area contributed by atoms with Gasteiger partial charge in [-0.15, -0.1) is 38.0 Å². The van der Waals surface area contributed by atoms with Crippen molar-refractivity contribution in [2.75, 3.05) is 32.7 Å². The van der Waals surface area contributed by atoms with Crippen LogP contribution in [0, 0.1) is 0 Å². The SMILES string of the molecule is Cl.Cl.OC1([C@H](CN2CCC(N3CCCCC3)CC2)c2cccc(OC(F)(F)F)c2)CCCCC1. The molecule has 34 heavy (non-hydrogen) atoms. The molecule has 196 valence electrons. The molecule has 0 amide bonds. The first-order valence-corrected chi connectivity index (χ1v) is 12.4. The monoisotopic (exact) mass is 526 g/mol. The summed E-state index contributed by atoms with van der Waals surface area (Å²) in [5, 5.41) is 11.6. The second kappa shape index (κ2) is 13.0. The molecule has 4 rings (SSSR count). The van der Waals surface area contributed by atoms with Crippen molar-refractivity contribution in [2.24, 2.45) is 0 Å². The zero-order valence-electron chi connectivity index (χ0n) is 19.8. The van der Waals surface area contributed by atoms with E-state index in [9.17, 15) is 18.3 Å². The molecule has 2 heterocycles. The molecule has 4 nitrogen and oxygen atoms in total. The van der Waals surface area contributed by atoms with E-state index in [0.29, 0.717) is 25.4 Å². The van der Waals surface area contributed by atoms with Gasteiger partial charge in [-0.1, -0.05) is 37.8 Å². The Balaban J connectivity index is 0.00000204. The fraction of sp³-hybridized carbons (Fsp3) is 0.760. The van der Waals surface area contributed by atoms with E-state index in [1.165, 1.54) is 44.5 Å². The van der Waals surface area contributed by atoms with Gasteiger partial charge in [0.15, 0.2) is 0 Å².